The van der Waals surface area contributed by atoms with E-state index in [0.717, 1.165) is 12.6 Å². The highest BCUT2D eigenvalue weighted by Gasteiger charge is 2.54. The van der Waals surface area contributed by atoms with Gasteiger partial charge in [0.05, 0.1) is 4.90 Å². The second kappa shape index (κ2) is 9.11. The first-order valence-corrected chi connectivity index (χ1v) is 13.7. The fourth-order valence-electron chi connectivity index (χ4n) is 2.93. The standard InChI is InChI=1S/C21H20F3NO5S3/c1-17-13-15-20(16-14-17)32(26,27)25(2)31(18-9-5-3-6-10-18,19-11-7-4-8-12-19)30-33(28,29)21(22,23)24/h3-16H,1-2H3. The zero-order valence-corrected chi connectivity index (χ0v) is 19.9. The molecule has 0 amide bonds. The maximum Gasteiger partial charge on any atom is 0.524 e. The molecular formula is C21H20F3NO5S3. The molecule has 178 valence electrons. The molecule has 0 atom stereocenters. The van der Waals surface area contributed by atoms with Crippen LogP contribution in [0.4, 0.5) is 13.2 Å². The van der Waals surface area contributed by atoms with Gasteiger partial charge in [-0.1, -0.05) is 54.1 Å². The zero-order chi connectivity index (χ0) is 24.5. The molecule has 0 aromatic heterocycles. The van der Waals surface area contributed by atoms with Crippen molar-refractivity contribution in [1.29, 1.82) is 0 Å². The minimum Gasteiger partial charge on any atom is -0.206 e. The largest absolute Gasteiger partial charge is 0.524 e. The molecule has 0 saturated carbocycles. The van der Waals surface area contributed by atoms with Crippen LogP contribution >= 0.6 is 10.5 Å². The molecule has 3 rings (SSSR count). The quantitative estimate of drug-likeness (QED) is 0.399. The number of aryl methyl sites for hydroxylation is 1. The predicted octanol–water partition coefficient (Wildman–Crippen LogP) is 5.23. The first-order valence-electron chi connectivity index (χ1n) is 9.34. The Morgan fingerprint density at radius 3 is 1.52 bits per heavy atom. The van der Waals surface area contributed by atoms with E-state index in [1.54, 1.807) is 19.1 Å². The second-order valence-electron chi connectivity index (χ2n) is 6.85. The molecule has 0 saturated heterocycles. The number of hydrogen-bond donors (Lipinski definition) is 0. The van der Waals surface area contributed by atoms with Crippen molar-refractivity contribution < 1.29 is 33.6 Å². The number of benzene rings is 3. The van der Waals surface area contributed by atoms with Crippen molar-refractivity contribution in [2.45, 2.75) is 27.1 Å². The molecule has 3 aromatic carbocycles. The Balaban J connectivity index is 2.38. The van der Waals surface area contributed by atoms with Crippen molar-refractivity contribution in [3.8, 4) is 0 Å². The highest BCUT2D eigenvalue weighted by molar-refractivity contribution is 8.35. The van der Waals surface area contributed by atoms with Crippen molar-refractivity contribution in [2.24, 2.45) is 0 Å². The lowest BCUT2D eigenvalue weighted by atomic mass is 10.2. The Bertz CT molecular complexity index is 1270. The zero-order valence-electron chi connectivity index (χ0n) is 17.4. The summed E-state index contributed by atoms with van der Waals surface area (Å²) in [4.78, 5) is -0.336. The van der Waals surface area contributed by atoms with Gasteiger partial charge >= 0.3 is 15.6 Å². The van der Waals surface area contributed by atoms with Crippen molar-refractivity contribution in [2.75, 3.05) is 7.05 Å². The van der Waals surface area contributed by atoms with Gasteiger partial charge in [0.2, 0.25) is 0 Å². The SMILES string of the molecule is Cc1ccc(S(=O)(=O)N(C)S(OS(=O)(=O)C(F)(F)F)(c2ccccc2)c2ccccc2)cc1. The van der Waals surface area contributed by atoms with E-state index in [-0.39, 0.29) is 14.7 Å². The number of sulfonamides is 1. The van der Waals surface area contributed by atoms with E-state index < -0.39 is 36.1 Å². The number of hydrogen-bond acceptors (Lipinski definition) is 5. The molecule has 0 aliphatic carbocycles. The van der Waals surface area contributed by atoms with Crippen LogP contribution in [0.1, 0.15) is 5.56 Å². The molecule has 0 spiro atoms. The monoisotopic (exact) mass is 519 g/mol. The maximum absolute atomic E-state index is 13.6. The number of halogens is 3. The third-order valence-electron chi connectivity index (χ3n) is 4.62. The summed E-state index contributed by atoms with van der Waals surface area (Å²) in [5, 5.41) is 0. The predicted molar refractivity (Wildman–Crippen MR) is 119 cm³/mol. The molecular weight excluding hydrogens is 499 g/mol. The van der Waals surface area contributed by atoms with E-state index in [4.69, 9.17) is 3.63 Å². The fraction of sp³-hybridized carbons (Fsp3) is 0.143. The first-order chi connectivity index (χ1) is 15.3. The molecule has 0 aliphatic rings. The molecule has 0 heterocycles. The van der Waals surface area contributed by atoms with Crippen LogP contribution in [0.2, 0.25) is 0 Å². The van der Waals surface area contributed by atoms with Crippen LogP contribution in [0.25, 0.3) is 0 Å². The summed E-state index contributed by atoms with van der Waals surface area (Å²) in [5.41, 5.74) is -5.01. The molecule has 0 N–H and O–H groups in total. The minimum absolute atomic E-state index is 0.0535. The average molecular weight is 520 g/mol. The Morgan fingerprint density at radius 2 is 1.12 bits per heavy atom. The Labute approximate surface area is 192 Å². The van der Waals surface area contributed by atoms with Gasteiger partial charge in [-0.25, -0.2) is 8.42 Å². The summed E-state index contributed by atoms with van der Waals surface area (Å²) in [6, 6.07) is 19.9. The van der Waals surface area contributed by atoms with Gasteiger partial charge in [-0.3, -0.25) is 0 Å². The molecule has 0 fully saturated rings. The summed E-state index contributed by atoms with van der Waals surface area (Å²) >= 11 is 0. The van der Waals surface area contributed by atoms with Gasteiger partial charge in [0.15, 0.2) is 0 Å². The third-order valence-corrected chi connectivity index (χ3v) is 12.0. The van der Waals surface area contributed by atoms with E-state index in [1.165, 1.54) is 72.8 Å². The van der Waals surface area contributed by atoms with E-state index in [9.17, 15) is 30.0 Å². The molecule has 0 bridgehead atoms. The average Bonchev–Trinajstić information content (AvgIpc) is 2.77. The van der Waals surface area contributed by atoms with Crippen molar-refractivity contribution in [1.82, 2.24) is 3.71 Å². The van der Waals surface area contributed by atoms with E-state index in [2.05, 4.69) is 0 Å². The normalized spacial score (nSPS) is 13.8. The third kappa shape index (κ3) is 4.80. The summed E-state index contributed by atoms with van der Waals surface area (Å²) in [6.07, 6.45) is 0. The fourth-order valence-corrected chi connectivity index (χ4v) is 10.0. The lowest BCUT2D eigenvalue weighted by molar-refractivity contribution is -0.0497. The van der Waals surface area contributed by atoms with Crippen LogP contribution in [0.15, 0.2) is 99.6 Å². The molecule has 0 radical (unpaired) electrons. The molecule has 12 heteroatoms. The summed E-state index contributed by atoms with van der Waals surface area (Å²) in [7, 11) is -13.7. The summed E-state index contributed by atoms with van der Waals surface area (Å²) in [5.74, 6) is 0. The lowest BCUT2D eigenvalue weighted by Crippen LogP contribution is -2.36. The van der Waals surface area contributed by atoms with Crippen LogP contribution in [-0.2, 0) is 23.8 Å². The van der Waals surface area contributed by atoms with Crippen molar-refractivity contribution in [3.63, 3.8) is 0 Å². The first kappa shape index (κ1) is 25.2. The van der Waals surface area contributed by atoms with Gasteiger partial charge in [0.25, 0.3) is 10.0 Å². The van der Waals surface area contributed by atoms with Gasteiger partial charge < -0.3 is 0 Å². The molecule has 3 aromatic rings. The highest BCUT2D eigenvalue weighted by atomic mass is 32.3. The van der Waals surface area contributed by atoms with E-state index >= 15 is 0 Å². The van der Waals surface area contributed by atoms with E-state index in [1.807, 2.05) is 0 Å². The molecule has 6 nitrogen and oxygen atoms in total. The lowest BCUT2D eigenvalue weighted by Gasteiger charge is -2.44. The molecule has 0 unspecified atom stereocenters. The van der Waals surface area contributed by atoms with Gasteiger partial charge in [-0.2, -0.15) is 25.2 Å². The molecule has 33 heavy (non-hydrogen) atoms. The van der Waals surface area contributed by atoms with Crippen molar-refractivity contribution in [3.05, 3.63) is 90.5 Å². The highest BCUT2D eigenvalue weighted by Crippen LogP contribution is 2.68. The Hall–Kier alpha value is -2.38. The second-order valence-corrected chi connectivity index (χ2v) is 13.5. The van der Waals surface area contributed by atoms with Crippen molar-refractivity contribution >= 4 is 30.6 Å². The topological polar surface area (TPSA) is 80.8 Å². The summed E-state index contributed by atoms with van der Waals surface area (Å²) < 4.78 is 97.6. The van der Waals surface area contributed by atoms with Gasteiger partial charge in [-0.05, 0) is 43.3 Å². The van der Waals surface area contributed by atoms with Gasteiger partial charge in [-0.15, -0.1) is 3.71 Å². The smallest absolute Gasteiger partial charge is 0.206 e. The van der Waals surface area contributed by atoms with Crippen LogP contribution in [0, 0.1) is 6.92 Å². The van der Waals surface area contributed by atoms with Gasteiger partial charge in [0, 0.05) is 27.3 Å². The minimum atomic E-state index is -6.21. The van der Waals surface area contributed by atoms with Crippen LogP contribution in [-0.4, -0.2) is 33.1 Å². The maximum atomic E-state index is 13.6. The molecule has 0 aliphatic heterocycles. The Morgan fingerprint density at radius 1 is 0.697 bits per heavy atom. The number of nitrogens with zero attached hydrogens (tertiary/aromatic N) is 1. The van der Waals surface area contributed by atoms with Gasteiger partial charge in [0.1, 0.15) is 0 Å². The van der Waals surface area contributed by atoms with Crippen LogP contribution in [0.3, 0.4) is 0 Å². The number of alkyl halides is 3. The Kier molecular flexibility index (Phi) is 6.97. The van der Waals surface area contributed by atoms with Crippen LogP contribution in [0.5, 0.6) is 0 Å². The van der Waals surface area contributed by atoms with E-state index in [0.29, 0.717) is 3.71 Å². The number of rotatable bonds is 7. The summed E-state index contributed by atoms with van der Waals surface area (Å²) in [6.45, 7) is 1.74. The van der Waals surface area contributed by atoms with Crippen LogP contribution < -0.4 is 0 Å².